The largest absolute Gasteiger partial charge is 0.480 e. The number of carboxylic acid groups (broad SMARTS) is 1. The Bertz CT molecular complexity index is 246. The number of hydrogen-bond donors (Lipinski definition) is 1. The number of aliphatic carboxylic acids is 1. The van der Waals surface area contributed by atoms with Gasteiger partial charge >= 0.3 is 5.97 Å². The van der Waals surface area contributed by atoms with Crippen LogP contribution in [0.2, 0.25) is 0 Å². The van der Waals surface area contributed by atoms with Gasteiger partial charge in [-0.1, -0.05) is 0 Å². The minimum Gasteiger partial charge on any atom is -0.480 e. The molecule has 0 aromatic rings. The first-order valence-electron chi connectivity index (χ1n) is 4.24. The van der Waals surface area contributed by atoms with Crippen LogP contribution >= 0.6 is 0 Å². The van der Waals surface area contributed by atoms with Crippen LogP contribution in [-0.2, 0) is 19.1 Å². The Balaban J connectivity index is 2.20. The van der Waals surface area contributed by atoms with Crippen molar-refractivity contribution in [1.82, 2.24) is 4.90 Å². The fraction of sp³-hybridized carbons (Fsp3) is 0.625. The molecule has 78 valence electrons. The van der Waals surface area contributed by atoms with E-state index in [9.17, 15) is 14.4 Å². The zero-order valence-corrected chi connectivity index (χ0v) is 7.56. The molecule has 2 amide bonds. The maximum Gasteiger partial charge on any atom is 0.329 e. The van der Waals surface area contributed by atoms with Crippen molar-refractivity contribution in [3.8, 4) is 0 Å². The molecule has 6 nitrogen and oxygen atoms in total. The van der Waals surface area contributed by atoms with E-state index in [1.165, 1.54) is 0 Å². The minimum absolute atomic E-state index is 0.0732. The van der Waals surface area contributed by atoms with E-state index in [1.54, 1.807) is 0 Å². The maximum atomic E-state index is 11.0. The zero-order chi connectivity index (χ0) is 10.6. The SMILES string of the molecule is O=C(O)COCCN1C(=O)CCC1=O. The predicted molar refractivity (Wildman–Crippen MR) is 44.4 cm³/mol. The van der Waals surface area contributed by atoms with Crippen molar-refractivity contribution in [3.05, 3.63) is 0 Å². The highest BCUT2D eigenvalue weighted by Gasteiger charge is 2.28. The molecule has 0 spiro atoms. The Morgan fingerprint density at radius 2 is 1.93 bits per heavy atom. The van der Waals surface area contributed by atoms with Crippen molar-refractivity contribution in [3.63, 3.8) is 0 Å². The van der Waals surface area contributed by atoms with Crippen LogP contribution in [0.5, 0.6) is 0 Å². The number of rotatable bonds is 5. The van der Waals surface area contributed by atoms with Crippen LogP contribution in [0, 0.1) is 0 Å². The molecular weight excluding hydrogens is 190 g/mol. The summed E-state index contributed by atoms with van der Waals surface area (Å²) < 4.78 is 4.71. The van der Waals surface area contributed by atoms with Crippen molar-refractivity contribution < 1.29 is 24.2 Å². The first kappa shape index (κ1) is 10.6. The second-order valence-corrected chi connectivity index (χ2v) is 2.89. The summed E-state index contributed by atoms with van der Waals surface area (Å²) in [6, 6.07) is 0. The van der Waals surface area contributed by atoms with E-state index in [2.05, 4.69) is 0 Å². The van der Waals surface area contributed by atoms with E-state index >= 15 is 0 Å². The Kier molecular flexibility index (Phi) is 3.58. The minimum atomic E-state index is -1.07. The lowest BCUT2D eigenvalue weighted by atomic mass is 10.4. The molecule has 0 radical (unpaired) electrons. The Morgan fingerprint density at radius 1 is 1.36 bits per heavy atom. The van der Waals surface area contributed by atoms with Gasteiger partial charge in [0.2, 0.25) is 11.8 Å². The van der Waals surface area contributed by atoms with E-state index in [0.29, 0.717) is 0 Å². The van der Waals surface area contributed by atoms with Crippen molar-refractivity contribution in [1.29, 1.82) is 0 Å². The van der Waals surface area contributed by atoms with Gasteiger partial charge in [-0.15, -0.1) is 0 Å². The first-order chi connectivity index (χ1) is 6.61. The standard InChI is InChI=1S/C8H11NO5/c10-6-1-2-7(11)9(6)3-4-14-5-8(12)13/h1-5H2,(H,12,13). The van der Waals surface area contributed by atoms with Gasteiger partial charge in [-0.05, 0) is 0 Å². The molecule has 0 atom stereocenters. The Hall–Kier alpha value is -1.43. The van der Waals surface area contributed by atoms with Crippen LogP contribution in [0.4, 0.5) is 0 Å². The van der Waals surface area contributed by atoms with Gasteiger partial charge < -0.3 is 9.84 Å². The molecule has 1 aliphatic rings. The van der Waals surface area contributed by atoms with E-state index in [0.717, 1.165) is 4.90 Å². The molecule has 1 saturated heterocycles. The molecular formula is C8H11NO5. The van der Waals surface area contributed by atoms with E-state index in [4.69, 9.17) is 9.84 Å². The van der Waals surface area contributed by atoms with Crippen LogP contribution in [0.3, 0.4) is 0 Å². The third-order valence-corrected chi connectivity index (χ3v) is 1.84. The molecule has 0 aromatic carbocycles. The van der Waals surface area contributed by atoms with Gasteiger partial charge in [-0.25, -0.2) is 4.79 Å². The fourth-order valence-corrected chi connectivity index (χ4v) is 1.19. The van der Waals surface area contributed by atoms with E-state index in [-0.39, 0.29) is 37.8 Å². The van der Waals surface area contributed by atoms with Crippen LogP contribution in [-0.4, -0.2) is 47.5 Å². The molecule has 1 heterocycles. The smallest absolute Gasteiger partial charge is 0.329 e. The summed E-state index contributed by atoms with van der Waals surface area (Å²) in [6.07, 6.45) is 0.496. The molecule has 0 aromatic heterocycles. The highest BCUT2D eigenvalue weighted by atomic mass is 16.5. The summed E-state index contributed by atoms with van der Waals surface area (Å²) in [4.78, 5) is 33.2. The number of likely N-dealkylation sites (tertiary alicyclic amines) is 1. The number of carbonyl (C=O) groups is 3. The Morgan fingerprint density at radius 3 is 2.43 bits per heavy atom. The van der Waals surface area contributed by atoms with Crippen LogP contribution in [0.25, 0.3) is 0 Å². The highest BCUT2D eigenvalue weighted by molar-refractivity contribution is 6.01. The monoisotopic (exact) mass is 201 g/mol. The summed E-state index contributed by atoms with van der Waals surface area (Å²) in [7, 11) is 0. The fourth-order valence-electron chi connectivity index (χ4n) is 1.19. The van der Waals surface area contributed by atoms with Gasteiger partial charge in [0.05, 0.1) is 13.2 Å². The quantitative estimate of drug-likeness (QED) is 0.466. The summed E-state index contributed by atoms with van der Waals surface area (Å²) in [6.45, 7) is -0.190. The Labute approximate surface area is 80.4 Å². The number of carbonyl (C=O) groups excluding carboxylic acids is 2. The van der Waals surface area contributed by atoms with Gasteiger partial charge in [0, 0.05) is 12.8 Å². The molecule has 1 aliphatic heterocycles. The van der Waals surface area contributed by atoms with Crippen LogP contribution in [0.1, 0.15) is 12.8 Å². The zero-order valence-electron chi connectivity index (χ0n) is 7.56. The van der Waals surface area contributed by atoms with Gasteiger partial charge in [0.25, 0.3) is 0 Å². The van der Waals surface area contributed by atoms with Crippen molar-refractivity contribution in [2.45, 2.75) is 12.8 Å². The molecule has 0 saturated carbocycles. The number of carboxylic acids is 1. The summed E-state index contributed by atoms with van der Waals surface area (Å²) in [5.41, 5.74) is 0. The average Bonchev–Trinajstić information content (AvgIpc) is 2.42. The lowest BCUT2D eigenvalue weighted by molar-refractivity contribution is -0.143. The molecule has 1 fully saturated rings. The molecule has 0 bridgehead atoms. The number of amides is 2. The van der Waals surface area contributed by atoms with Gasteiger partial charge in [0.1, 0.15) is 6.61 Å². The van der Waals surface area contributed by atoms with Gasteiger partial charge in [0.15, 0.2) is 0 Å². The third-order valence-electron chi connectivity index (χ3n) is 1.84. The lowest BCUT2D eigenvalue weighted by Gasteiger charge is -2.12. The summed E-state index contributed by atoms with van der Waals surface area (Å²) in [5, 5.41) is 8.24. The van der Waals surface area contributed by atoms with Gasteiger partial charge in [-0.2, -0.15) is 0 Å². The molecule has 1 rings (SSSR count). The second kappa shape index (κ2) is 4.71. The van der Waals surface area contributed by atoms with Gasteiger partial charge in [-0.3, -0.25) is 14.5 Å². The molecule has 0 unspecified atom stereocenters. The topological polar surface area (TPSA) is 83.9 Å². The summed E-state index contributed by atoms with van der Waals surface area (Å²) >= 11 is 0. The predicted octanol–water partition coefficient (Wildman–Crippen LogP) is -0.763. The lowest BCUT2D eigenvalue weighted by Crippen LogP contribution is -2.32. The van der Waals surface area contributed by atoms with Crippen molar-refractivity contribution >= 4 is 17.8 Å². The third kappa shape index (κ3) is 2.81. The average molecular weight is 201 g/mol. The molecule has 6 heteroatoms. The molecule has 1 N–H and O–H groups in total. The number of hydrogen-bond acceptors (Lipinski definition) is 4. The highest BCUT2D eigenvalue weighted by Crippen LogP contribution is 2.10. The van der Waals surface area contributed by atoms with Crippen molar-refractivity contribution in [2.75, 3.05) is 19.8 Å². The van der Waals surface area contributed by atoms with Crippen LogP contribution < -0.4 is 0 Å². The first-order valence-corrected chi connectivity index (χ1v) is 4.24. The number of ether oxygens (including phenoxy) is 1. The van der Waals surface area contributed by atoms with Crippen molar-refractivity contribution in [2.24, 2.45) is 0 Å². The van der Waals surface area contributed by atoms with Crippen LogP contribution in [0.15, 0.2) is 0 Å². The number of nitrogens with zero attached hydrogens (tertiary/aromatic N) is 1. The maximum absolute atomic E-state index is 11.0. The van der Waals surface area contributed by atoms with E-state index in [1.807, 2.05) is 0 Å². The number of imide groups is 1. The normalized spacial score (nSPS) is 16.4. The molecule has 14 heavy (non-hydrogen) atoms. The second-order valence-electron chi connectivity index (χ2n) is 2.89. The van der Waals surface area contributed by atoms with E-state index < -0.39 is 12.6 Å². The summed E-state index contributed by atoms with van der Waals surface area (Å²) in [5.74, 6) is -1.49. The molecule has 0 aliphatic carbocycles.